The van der Waals surface area contributed by atoms with E-state index in [2.05, 4.69) is 27.7 Å². The van der Waals surface area contributed by atoms with Crippen LogP contribution in [0.5, 0.6) is 0 Å². The maximum atomic E-state index is 10.5. The zero-order valence-electron chi connectivity index (χ0n) is 12.7. The molecule has 0 unspecified atom stereocenters. The van der Waals surface area contributed by atoms with Crippen LogP contribution in [0.4, 0.5) is 0 Å². The van der Waals surface area contributed by atoms with Gasteiger partial charge in [-0.25, -0.2) is 0 Å². The summed E-state index contributed by atoms with van der Waals surface area (Å²) < 4.78 is 5.63. The Kier molecular flexibility index (Phi) is 6.65. The molecule has 0 heterocycles. The second-order valence-electron chi connectivity index (χ2n) is 6.85. The van der Waals surface area contributed by atoms with Gasteiger partial charge in [-0.3, -0.25) is 0 Å². The van der Waals surface area contributed by atoms with Gasteiger partial charge in [0.1, 0.15) is 0 Å². The van der Waals surface area contributed by atoms with Crippen molar-refractivity contribution < 1.29 is 9.84 Å². The van der Waals surface area contributed by atoms with E-state index in [9.17, 15) is 5.11 Å². The van der Waals surface area contributed by atoms with Crippen molar-refractivity contribution >= 4 is 0 Å². The van der Waals surface area contributed by atoms with E-state index in [1.165, 1.54) is 12.8 Å². The van der Waals surface area contributed by atoms with Crippen molar-refractivity contribution in [3.05, 3.63) is 0 Å². The smallest absolute Gasteiger partial charge is 0.0670 e. The molecule has 0 amide bonds. The topological polar surface area (TPSA) is 29.5 Å². The summed E-state index contributed by atoms with van der Waals surface area (Å²) in [5.74, 6) is 2.28. The quantitative estimate of drug-likeness (QED) is 0.697. The highest BCUT2D eigenvalue weighted by Crippen LogP contribution is 2.37. The normalized spacial score (nSPS) is 29.2. The van der Waals surface area contributed by atoms with Crippen LogP contribution in [0.3, 0.4) is 0 Å². The van der Waals surface area contributed by atoms with E-state index in [-0.39, 0.29) is 0 Å². The molecule has 0 radical (unpaired) electrons. The number of hydrogen-bond donors (Lipinski definition) is 1. The van der Waals surface area contributed by atoms with Crippen molar-refractivity contribution in [3.63, 3.8) is 0 Å². The van der Waals surface area contributed by atoms with Crippen LogP contribution in [0.25, 0.3) is 0 Å². The molecule has 0 atom stereocenters. The summed E-state index contributed by atoms with van der Waals surface area (Å²) in [5, 5.41) is 10.5. The Bertz CT molecular complexity index is 215. The van der Waals surface area contributed by atoms with Crippen LogP contribution >= 0.6 is 0 Å². The van der Waals surface area contributed by atoms with Crippen molar-refractivity contribution in [2.24, 2.45) is 17.8 Å². The van der Waals surface area contributed by atoms with Crippen LogP contribution in [0.1, 0.15) is 66.2 Å². The molecule has 0 aromatic heterocycles. The largest absolute Gasteiger partial charge is 0.390 e. The minimum absolute atomic E-state index is 0.441. The SMILES string of the molecule is CC(C)CCOCCC1(O)CCC(C(C)C)CC1. The van der Waals surface area contributed by atoms with E-state index in [0.717, 1.165) is 50.7 Å². The third-order valence-corrected chi connectivity index (χ3v) is 4.46. The highest BCUT2D eigenvalue weighted by molar-refractivity contribution is 4.86. The minimum atomic E-state index is -0.441. The van der Waals surface area contributed by atoms with Gasteiger partial charge in [0.15, 0.2) is 0 Å². The first kappa shape index (κ1) is 16.0. The van der Waals surface area contributed by atoms with Gasteiger partial charge in [-0.1, -0.05) is 27.7 Å². The van der Waals surface area contributed by atoms with Gasteiger partial charge in [-0.05, 0) is 56.3 Å². The molecule has 2 nitrogen and oxygen atoms in total. The molecule has 1 aliphatic rings. The molecule has 0 saturated heterocycles. The summed E-state index contributed by atoms with van der Waals surface area (Å²) in [6.45, 7) is 10.6. The van der Waals surface area contributed by atoms with Crippen LogP contribution in [0.15, 0.2) is 0 Å². The predicted octanol–water partition coefficient (Wildman–Crippen LogP) is 4.02. The van der Waals surface area contributed by atoms with Gasteiger partial charge in [0, 0.05) is 13.2 Å². The van der Waals surface area contributed by atoms with E-state index >= 15 is 0 Å². The molecule has 1 rings (SSSR count). The zero-order valence-corrected chi connectivity index (χ0v) is 12.7. The van der Waals surface area contributed by atoms with Gasteiger partial charge in [-0.15, -0.1) is 0 Å². The van der Waals surface area contributed by atoms with Gasteiger partial charge in [0.25, 0.3) is 0 Å². The molecular weight excluding hydrogens is 224 g/mol. The summed E-state index contributed by atoms with van der Waals surface area (Å²) in [5.41, 5.74) is -0.441. The van der Waals surface area contributed by atoms with Crippen molar-refractivity contribution in [3.8, 4) is 0 Å². The highest BCUT2D eigenvalue weighted by Gasteiger charge is 2.33. The average Bonchev–Trinajstić information content (AvgIpc) is 2.28. The first-order chi connectivity index (χ1) is 8.43. The van der Waals surface area contributed by atoms with Gasteiger partial charge >= 0.3 is 0 Å². The van der Waals surface area contributed by atoms with Crippen LogP contribution in [-0.2, 0) is 4.74 Å². The molecule has 18 heavy (non-hydrogen) atoms. The van der Waals surface area contributed by atoms with Crippen molar-refractivity contribution in [1.82, 2.24) is 0 Å². The third kappa shape index (κ3) is 5.71. The Hall–Kier alpha value is -0.0800. The van der Waals surface area contributed by atoms with Crippen LogP contribution < -0.4 is 0 Å². The van der Waals surface area contributed by atoms with E-state index in [0.29, 0.717) is 5.92 Å². The summed E-state index contributed by atoms with van der Waals surface area (Å²) in [6.07, 6.45) is 6.22. The molecular formula is C16H32O2. The molecule has 108 valence electrons. The molecule has 0 aromatic carbocycles. The average molecular weight is 256 g/mol. The fraction of sp³-hybridized carbons (Fsp3) is 1.00. The summed E-state index contributed by atoms with van der Waals surface area (Å²) in [6, 6.07) is 0. The van der Waals surface area contributed by atoms with Crippen molar-refractivity contribution in [1.29, 1.82) is 0 Å². The lowest BCUT2D eigenvalue weighted by Gasteiger charge is -2.37. The second-order valence-corrected chi connectivity index (χ2v) is 6.85. The van der Waals surface area contributed by atoms with Gasteiger partial charge in [0.05, 0.1) is 5.60 Å². The molecule has 0 spiro atoms. The van der Waals surface area contributed by atoms with E-state index in [4.69, 9.17) is 4.74 Å². The van der Waals surface area contributed by atoms with Gasteiger partial charge in [0.2, 0.25) is 0 Å². The zero-order chi connectivity index (χ0) is 13.6. The molecule has 0 bridgehead atoms. The molecule has 0 aliphatic heterocycles. The Morgan fingerprint density at radius 1 is 1.11 bits per heavy atom. The number of rotatable bonds is 7. The first-order valence-corrected chi connectivity index (χ1v) is 7.73. The van der Waals surface area contributed by atoms with Gasteiger partial charge in [-0.2, -0.15) is 0 Å². The standard InChI is InChI=1S/C16H32O2/c1-13(2)7-11-18-12-10-16(17)8-5-15(6-9-16)14(3)4/h13-15,17H,5-12H2,1-4H3. The lowest BCUT2D eigenvalue weighted by Crippen LogP contribution is -2.36. The molecule has 1 fully saturated rings. The third-order valence-electron chi connectivity index (χ3n) is 4.46. The lowest BCUT2D eigenvalue weighted by atomic mass is 9.73. The van der Waals surface area contributed by atoms with Crippen LogP contribution in [0, 0.1) is 17.8 Å². The molecule has 1 aliphatic carbocycles. The molecule has 0 aromatic rings. The fourth-order valence-corrected chi connectivity index (χ4v) is 2.78. The van der Waals surface area contributed by atoms with Gasteiger partial charge < -0.3 is 9.84 Å². The molecule has 1 N–H and O–H groups in total. The summed E-state index contributed by atoms with van der Waals surface area (Å²) in [7, 11) is 0. The Balaban J connectivity index is 2.14. The highest BCUT2D eigenvalue weighted by atomic mass is 16.5. The van der Waals surface area contributed by atoms with E-state index in [1.54, 1.807) is 0 Å². The maximum Gasteiger partial charge on any atom is 0.0670 e. The van der Waals surface area contributed by atoms with Crippen molar-refractivity contribution in [2.45, 2.75) is 71.8 Å². The Morgan fingerprint density at radius 3 is 2.22 bits per heavy atom. The number of ether oxygens (including phenoxy) is 1. The predicted molar refractivity (Wildman–Crippen MR) is 76.6 cm³/mol. The monoisotopic (exact) mass is 256 g/mol. The maximum absolute atomic E-state index is 10.5. The molecule has 1 saturated carbocycles. The summed E-state index contributed by atoms with van der Waals surface area (Å²) >= 11 is 0. The Labute approximate surface area is 113 Å². The number of hydrogen-bond acceptors (Lipinski definition) is 2. The minimum Gasteiger partial charge on any atom is -0.390 e. The Morgan fingerprint density at radius 2 is 1.72 bits per heavy atom. The van der Waals surface area contributed by atoms with Crippen LogP contribution in [0.2, 0.25) is 0 Å². The number of aliphatic hydroxyl groups is 1. The van der Waals surface area contributed by atoms with Crippen molar-refractivity contribution in [2.75, 3.05) is 13.2 Å². The summed E-state index contributed by atoms with van der Waals surface area (Å²) in [4.78, 5) is 0. The first-order valence-electron chi connectivity index (χ1n) is 7.73. The second kappa shape index (κ2) is 7.49. The lowest BCUT2D eigenvalue weighted by molar-refractivity contribution is -0.0421. The van der Waals surface area contributed by atoms with Crippen LogP contribution in [-0.4, -0.2) is 23.9 Å². The fourth-order valence-electron chi connectivity index (χ4n) is 2.78. The van der Waals surface area contributed by atoms with E-state index < -0.39 is 5.60 Å². The van der Waals surface area contributed by atoms with E-state index in [1.807, 2.05) is 0 Å². The molecule has 2 heteroatoms.